The van der Waals surface area contributed by atoms with Crippen molar-refractivity contribution >= 4 is 72.8 Å². The molecule has 0 fully saturated rings. The van der Waals surface area contributed by atoms with Crippen molar-refractivity contribution in [2.75, 3.05) is 25.3 Å². The first-order valence-corrected chi connectivity index (χ1v) is 18.6. The number of benzene rings is 2. The van der Waals surface area contributed by atoms with E-state index in [0.29, 0.717) is 10.7 Å². The molecule has 0 aliphatic heterocycles. The fraction of sp³-hybridized carbons (Fsp3) is 0.214. The number of rotatable bonds is 12. The Balaban J connectivity index is 0.000000307. The number of carboxylic acids is 1. The molecule has 4 N–H and O–H groups in total. The average molecular weight is 892 g/mol. The number of nitrogens with one attached hydrogen (secondary N) is 3. The normalized spacial score (nSPS) is 11.4. The van der Waals surface area contributed by atoms with Crippen LogP contribution < -0.4 is 29.0 Å². The molecular formula is C28H24Cl2F4N8O13S2. The van der Waals surface area contributed by atoms with E-state index in [0.717, 1.165) is 25.2 Å². The number of aryl methyl sites for hydroxylation is 1. The van der Waals surface area contributed by atoms with Gasteiger partial charge in [-0.25, -0.2) is 31.8 Å². The highest BCUT2D eigenvalue weighted by atomic mass is 35.5. The monoisotopic (exact) mass is 890 g/mol. The van der Waals surface area contributed by atoms with Gasteiger partial charge < -0.3 is 19.3 Å². The highest BCUT2D eigenvalue weighted by Crippen LogP contribution is 2.39. The first kappa shape index (κ1) is 45.3. The molecule has 0 spiro atoms. The maximum Gasteiger partial charge on any atom is 0.416 e. The van der Waals surface area contributed by atoms with Crippen LogP contribution in [0.2, 0.25) is 10.2 Å². The minimum Gasteiger partial charge on any atom is -0.481 e. The number of alkyl halides is 3. The van der Waals surface area contributed by atoms with Crippen LogP contribution in [0.15, 0.2) is 41.4 Å². The van der Waals surface area contributed by atoms with Gasteiger partial charge in [0.15, 0.2) is 21.7 Å². The van der Waals surface area contributed by atoms with Crippen molar-refractivity contribution < 1.29 is 73.0 Å². The largest absolute Gasteiger partial charge is 0.481 e. The fourth-order valence-corrected chi connectivity index (χ4v) is 6.41. The summed E-state index contributed by atoms with van der Waals surface area (Å²) in [5.41, 5.74) is -3.67. The quantitative estimate of drug-likeness (QED) is 0.0872. The third-order valence-electron chi connectivity index (χ3n) is 6.55. The number of amides is 3. The van der Waals surface area contributed by atoms with Gasteiger partial charge in [-0.2, -0.15) is 36.7 Å². The smallest absolute Gasteiger partial charge is 0.416 e. The molecule has 3 amide bonds. The Bertz CT molecular complexity index is 2430. The molecule has 2 aromatic heterocycles. The summed E-state index contributed by atoms with van der Waals surface area (Å²) < 4.78 is 119. The molecule has 2 heterocycles. The number of urea groups is 1. The number of aromatic nitrogens is 4. The van der Waals surface area contributed by atoms with Crippen LogP contribution >= 0.6 is 23.2 Å². The molecule has 0 saturated heterocycles. The molecule has 21 nitrogen and oxygen atoms in total. The number of halogens is 6. The van der Waals surface area contributed by atoms with Crippen LogP contribution in [-0.2, 0) is 33.3 Å². The van der Waals surface area contributed by atoms with E-state index < -0.39 is 110 Å². The van der Waals surface area contributed by atoms with Gasteiger partial charge in [0.25, 0.3) is 21.6 Å². The number of carboxylic acid groups (broad SMARTS) is 1. The number of carbonyl (C=O) groups is 3. The summed E-state index contributed by atoms with van der Waals surface area (Å²) in [5.74, 6) is -6.42. The first-order chi connectivity index (χ1) is 26.3. The molecule has 4 aromatic rings. The number of ether oxygens (including phenoxy) is 3. The van der Waals surface area contributed by atoms with E-state index in [1.165, 1.54) is 27.2 Å². The number of nitro benzene ring substituents is 1. The summed E-state index contributed by atoms with van der Waals surface area (Å²) in [6.07, 6.45) is -4.87. The van der Waals surface area contributed by atoms with E-state index in [2.05, 4.69) is 20.4 Å². The predicted octanol–water partition coefficient (Wildman–Crippen LogP) is 4.37. The molecule has 0 bridgehead atoms. The van der Waals surface area contributed by atoms with Crippen molar-refractivity contribution in [3.05, 3.63) is 79.2 Å². The average Bonchev–Trinajstić information content (AvgIpc) is 3.43. The summed E-state index contributed by atoms with van der Waals surface area (Å²) in [6.45, 7) is 1.22. The Hall–Kier alpha value is -6.06. The maximum absolute atomic E-state index is 14.1. The molecule has 29 heteroatoms. The summed E-state index contributed by atoms with van der Waals surface area (Å²) in [6, 6.07) is 3.04. The molecular weight excluding hydrogens is 867 g/mol. The molecule has 0 unspecified atom stereocenters. The van der Waals surface area contributed by atoms with Gasteiger partial charge in [0, 0.05) is 19.2 Å². The molecule has 0 aliphatic rings. The fourth-order valence-electron chi connectivity index (χ4n) is 4.06. The van der Waals surface area contributed by atoms with E-state index in [-0.39, 0.29) is 23.8 Å². The topological polar surface area (TPSA) is 290 Å². The second-order valence-electron chi connectivity index (χ2n) is 10.4. The molecule has 0 atom stereocenters. The Morgan fingerprint density at radius 3 is 2.09 bits per heavy atom. The van der Waals surface area contributed by atoms with Gasteiger partial charge in [-0.15, -0.1) is 0 Å². The second-order valence-corrected chi connectivity index (χ2v) is 14.7. The molecule has 0 aliphatic carbocycles. The maximum atomic E-state index is 14.1. The van der Waals surface area contributed by atoms with Crippen LogP contribution in [0.3, 0.4) is 0 Å². The van der Waals surface area contributed by atoms with Crippen molar-refractivity contribution in [2.24, 2.45) is 7.05 Å². The Morgan fingerprint density at radius 1 is 1.00 bits per heavy atom. The molecule has 308 valence electrons. The zero-order valence-electron chi connectivity index (χ0n) is 28.8. The number of methoxy groups -OCH3 is 2. The predicted molar refractivity (Wildman–Crippen MR) is 186 cm³/mol. The van der Waals surface area contributed by atoms with Crippen LogP contribution in [0.4, 0.5) is 34.0 Å². The lowest BCUT2D eigenvalue weighted by atomic mass is 10.1. The summed E-state index contributed by atoms with van der Waals surface area (Å²) in [4.78, 5) is 53.2. The van der Waals surface area contributed by atoms with Gasteiger partial charge >= 0.3 is 18.2 Å². The first-order valence-electron chi connectivity index (χ1n) is 14.7. The van der Waals surface area contributed by atoms with Crippen LogP contribution in [0.25, 0.3) is 0 Å². The van der Waals surface area contributed by atoms with E-state index in [4.69, 9.17) is 42.5 Å². The van der Waals surface area contributed by atoms with Crippen molar-refractivity contribution in [2.45, 2.75) is 18.1 Å². The molecule has 57 heavy (non-hydrogen) atoms. The molecule has 0 radical (unpaired) electrons. The van der Waals surface area contributed by atoms with Gasteiger partial charge in [-0.3, -0.25) is 24.9 Å². The van der Waals surface area contributed by atoms with Crippen molar-refractivity contribution in [3.8, 4) is 23.3 Å². The Morgan fingerprint density at radius 2 is 1.60 bits per heavy atom. The van der Waals surface area contributed by atoms with Gasteiger partial charge in [0.05, 0.1) is 41.5 Å². The van der Waals surface area contributed by atoms with Crippen LogP contribution in [-0.4, -0.2) is 84.5 Å². The minimum atomic E-state index is -4.87. The van der Waals surface area contributed by atoms with Gasteiger partial charge in [-0.1, -0.05) is 23.2 Å². The van der Waals surface area contributed by atoms with Crippen LogP contribution in [0.1, 0.15) is 33.2 Å². The number of hydrogen-bond acceptors (Lipinski definition) is 15. The molecule has 4 rings (SSSR count). The zero-order valence-corrected chi connectivity index (χ0v) is 32.0. The number of anilines is 1. The lowest BCUT2D eigenvalue weighted by Crippen LogP contribution is -2.36. The SMILES string of the molecule is CCS(=O)(=O)NC(=O)c1cc(Oc2c(F)cc(C(F)(F)F)cc2Cl)ccc1[N+](=O)[O-].COc1cc(OC)nc(NC(=O)NS(=O)(=O)c2c(C(=O)O)c(Cl)nn2C)n1. The third kappa shape index (κ3) is 11.5. The van der Waals surface area contributed by atoms with E-state index >= 15 is 0 Å². The van der Waals surface area contributed by atoms with Crippen molar-refractivity contribution in [3.63, 3.8) is 0 Å². The summed E-state index contributed by atoms with van der Waals surface area (Å²) in [5, 5.41) is 23.7. The number of aromatic carboxylic acids is 1. The van der Waals surface area contributed by atoms with E-state index in [1.54, 1.807) is 9.44 Å². The van der Waals surface area contributed by atoms with Gasteiger partial charge in [-0.05, 0) is 25.1 Å². The van der Waals surface area contributed by atoms with E-state index in [9.17, 15) is 58.9 Å². The summed E-state index contributed by atoms with van der Waals surface area (Å²) in [7, 11) is -4.92. The summed E-state index contributed by atoms with van der Waals surface area (Å²) >= 11 is 11.3. The van der Waals surface area contributed by atoms with Crippen molar-refractivity contribution in [1.82, 2.24) is 29.2 Å². The molecule has 0 saturated carbocycles. The number of nitro groups is 1. The van der Waals surface area contributed by atoms with Crippen LogP contribution in [0.5, 0.6) is 23.3 Å². The van der Waals surface area contributed by atoms with E-state index in [1.807, 2.05) is 0 Å². The second kappa shape index (κ2) is 17.8. The third-order valence-corrected chi connectivity index (χ3v) is 9.79. The minimum absolute atomic E-state index is 0.0478. The molecule has 2 aromatic carbocycles. The van der Waals surface area contributed by atoms with Gasteiger partial charge in [0.2, 0.25) is 27.7 Å². The van der Waals surface area contributed by atoms with Gasteiger partial charge in [0.1, 0.15) is 16.9 Å². The zero-order chi connectivity index (χ0) is 43.2. The van der Waals surface area contributed by atoms with Crippen molar-refractivity contribution in [1.29, 1.82) is 0 Å². The number of hydrogen-bond donors (Lipinski definition) is 4. The number of nitrogens with zero attached hydrogens (tertiary/aromatic N) is 5. The highest BCUT2D eigenvalue weighted by molar-refractivity contribution is 7.90. The number of carbonyl (C=O) groups excluding carboxylic acids is 2. The standard InChI is InChI=1S/C16H11ClF4N2O6S.C12H13ClN6O7S/c1-2-30(27,28)22-15(24)10-7-9(3-4-13(10)23(25)26)29-14-11(17)5-8(6-12(14)18)16(19,20)21;1-19-9(7(10(20)21)8(13)17-19)27(23,24)18-12(22)16-11-14-5(25-2)4-6(15-11)26-3/h3-7H,2H2,1H3,(H,22,24);4H,1-3H3,(H,20,21)(H2,14,15,16,18,22). The number of sulfonamides is 2. The van der Waals surface area contributed by atoms with Crippen LogP contribution in [0, 0.1) is 15.9 Å². The lowest BCUT2D eigenvalue weighted by Gasteiger charge is -2.13. The Labute approximate surface area is 327 Å². The highest BCUT2D eigenvalue weighted by Gasteiger charge is 2.34. The lowest BCUT2D eigenvalue weighted by molar-refractivity contribution is -0.385. The Kier molecular flexibility index (Phi) is 14.2.